The molecule has 3 heteroatoms. The van der Waals surface area contributed by atoms with E-state index in [1.54, 1.807) is 6.07 Å². The standard InChI is InChI=1S/C13H20FNO/c1-4-13(16,8-7-10(2)3)12-6-5-11(14)9-15-12/h5-6,9-10,16H,4,7-8H2,1-3H3. The van der Waals surface area contributed by atoms with Crippen molar-refractivity contribution in [2.24, 2.45) is 5.92 Å². The van der Waals surface area contributed by atoms with Crippen molar-refractivity contribution in [2.75, 3.05) is 0 Å². The highest BCUT2D eigenvalue weighted by Gasteiger charge is 2.28. The van der Waals surface area contributed by atoms with Gasteiger partial charge in [-0.3, -0.25) is 4.98 Å². The quantitative estimate of drug-likeness (QED) is 0.834. The number of aromatic nitrogens is 1. The van der Waals surface area contributed by atoms with Crippen molar-refractivity contribution in [1.82, 2.24) is 4.98 Å². The summed E-state index contributed by atoms with van der Waals surface area (Å²) in [6.45, 7) is 6.16. The van der Waals surface area contributed by atoms with Gasteiger partial charge in [-0.15, -0.1) is 0 Å². The van der Waals surface area contributed by atoms with Gasteiger partial charge in [-0.25, -0.2) is 4.39 Å². The Balaban J connectivity index is 2.82. The molecule has 1 aromatic rings. The number of hydrogen-bond donors (Lipinski definition) is 1. The van der Waals surface area contributed by atoms with Crippen LogP contribution in [0.1, 0.15) is 45.7 Å². The van der Waals surface area contributed by atoms with Crippen LogP contribution in [-0.4, -0.2) is 10.1 Å². The van der Waals surface area contributed by atoms with Crippen LogP contribution in [0, 0.1) is 11.7 Å². The van der Waals surface area contributed by atoms with Gasteiger partial charge in [0, 0.05) is 0 Å². The maximum absolute atomic E-state index is 12.7. The molecule has 0 radical (unpaired) electrons. The Morgan fingerprint density at radius 2 is 2.12 bits per heavy atom. The van der Waals surface area contributed by atoms with Crippen molar-refractivity contribution < 1.29 is 9.50 Å². The second-order valence-corrected chi connectivity index (χ2v) is 4.68. The van der Waals surface area contributed by atoms with Crippen LogP contribution in [0.15, 0.2) is 18.3 Å². The van der Waals surface area contributed by atoms with E-state index in [0.29, 0.717) is 24.5 Å². The molecule has 0 saturated heterocycles. The molecule has 1 rings (SSSR count). The largest absolute Gasteiger partial charge is 0.384 e. The lowest BCUT2D eigenvalue weighted by Gasteiger charge is -2.27. The normalized spacial score (nSPS) is 15.1. The zero-order valence-corrected chi connectivity index (χ0v) is 10.2. The Labute approximate surface area is 96.5 Å². The van der Waals surface area contributed by atoms with Gasteiger partial charge in [0.05, 0.1) is 11.9 Å². The number of pyridine rings is 1. The Hall–Kier alpha value is -0.960. The Morgan fingerprint density at radius 3 is 2.56 bits per heavy atom. The molecule has 0 amide bonds. The zero-order valence-electron chi connectivity index (χ0n) is 10.2. The maximum Gasteiger partial charge on any atom is 0.141 e. The fourth-order valence-corrected chi connectivity index (χ4v) is 1.66. The summed E-state index contributed by atoms with van der Waals surface area (Å²) in [5.74, 6) is 0.171. The monoisotopic (exact) mass is 225 g/mol. The van der Waals surface area contributed by atoms with E-state index in [0.717, 1.165) is 12.6 Å². The van der Waals surface area contributed by atoms with Crippen molar-refractivity contribution in [3.63, 3.8) is 0 Å². The number of rotatable bonds is 5. The lowest BCUT2D eigenvalue weighted by atomic mass is 9.88. The second kappa shape index (κ2) is 5.39. The number of halogens is 1. The van der Waals surface area contributed by atoms with Crippen LogP contribution in [-0.2, 0) is 5.60 Å². The van der Waals surface area contributed by atoms with E-state index >= 15 is 0 Å². The minimum absolute atomic E-state index is 0.369. The van der Waals surface area contributed by atoms with E-state index in [4.69, 9.17) is 0 Å². The van der Waals surface area contributed by atoms with E-state index in [9.17, 15) is 9.50 Å². The minimum atomic E-state index is -0.919. The summed E-state index contributed by atoms with van der Waals surface area (Å²) in [5.41, 5.74) is -0.352. The SMILES string of the molecule is CCC(O)(CCC(C)C)c1ccc(F)cn1. The highest BCUT2D eigenvalue weighted by Crippen LogP contribution is 2.29. The lowest BCUT2D eigenvalue weighted by Crippen LogP contribution is -2.26. The number of nitrogens with zero attached hydrogens (tertiary/aromatic N) is 1. The Bertz CT molecular complexity index is 323. The van der Waals surface area contributed by atoms with E-state index < -0.39 is 5.60 Å². The third-order valence-electron chi connectivity index (χ3n) is 2.92. The first-order valence-corrected chi connectivity index (χ1v) is 5.82. The van der Waals surface area contributed by atoms with Crippen LogP contribution < -0.4 is 0 Å². The summed E-state index contributed by atoms with van der Waals surface area (Å²) in [5, 5.41) is 10.4. The van der Waals surface area contributed by atoms with Crippen molar-refractivity contribution in [3.8, 4) is 0 Å². The highest BCUT2D eigenvalue weighted by molar-refractivity contribution is 5.13. The topological polar surface area (TPSA) is 33.1 Å². The first kappa shape index (κ1) is 13.1. The predicted octanol–water partition coefficient (Wildman–Crippen LogP) is 3.25. The van der Waals surface area contributed by atoms with E-state index in [1.165, 1.54) is 6.07 Å². The van der Waals surface area contributed by atoms with Gasteiger partial charge in [-0.05, 0) is 37.3 Å². The molecule has 0 aliphatic rings. The van der Waals surface area contributed by atoms with Gasteiger partial charge >= 0.3 is 0 Å². The third-order valence-corrected chi connectivity index (χ3v) is 2.92. The molecule has 1 N–H and O–H groups in total. The van der Waals surface area contributed by atoms with E-state index in [1.807, 2.05) is 6.92 Å². The third kappa shape index (κ3) is 3.27. The van der Waals surface area contributed by atoms with Crippen LogP contribution in [0.25, 0.3) is 0 Å². The molecule has 0 fully saturated rings. The molecule has 90 valence electrons. The van der Waals surface area contributed by atoms with Crippen molar-refractivity contribution in [2.45, 2.75) is 45.6 Å². The van der Waals surface area contributed by atoms with Gasteiger partial charge in [-0.2, -0.15) is 0 Å². The summed E-state index contributed by atoms with van der Waals surface area (Å²) < 4.78 is 12.7. The summed E-state index contributed by atoms with van der Waals surface area (Å²) in [7, 11) is 0. The fourth-order valence-electron chi connectivity index (χ4n) is 1.66. The van der Waals surface area contributed by atoms with Gasteiger partial charge in [0.25, 0.3) is 0 Å². The van der Waals surface area contributed by atoms with Crippen LogP contribution in [0.4, 0.5) is 4.39 Å². The molecule has 2 nitrogen and oxygen atoms in total. The highest BCUT2D eigenvalue weighted by atomic mass is 19.1. The average Bonchev–Trinajstić information content (AvgIpc) is 2.27. The molecule has 0 aliphatic heterocycles. The zero-order chi connectivity index (χ0) is 12.2. The Kier molecular flexibility index (Phi) is 4.42. The minimum Gasteiger partial charge on any atom is -0.384 e. The molecule has 0 aromatic carbocycles. The van der Waals surface area contributed by atoms with Crippen LogP contribution >= 0.6 is 0 Å². The molecule has 0 saturated carbocycles. The Morgan fingerprint density at radius 1 is 1.44 bits per heavy atom. The van der Waals surface area contributed by atoms with Gasteiger partial charge < -0.3 is 5.11 Å². The van der Waals surface area contributed by atoms with Crippen molar-refractivity contribution in [3.05, 3.63) is 29.8 Å². The van der Waals surface area contributed by atoms with E-state index in [2.05, 4.69) is 18.8 Å². The first-order valence-electron chi connectivity index (χ1n) is 5.82. The smallest absolute Gasteiger partial charge is 0.141 e. The molecular formula is C13H20FNO. The molecular weight excluding hydrogens is 205 g/mol. The number of aliphatic hydroxyl groups is 1. The van der Waals surface area contributed by atoms with Gasteiger partial charge in [0.2, 0.25) is 0 Å². The first-order chi connectivity index (χ1) is 7.48. The second-order valence-electron chi connectivity index (χ2n) is 4.68. The summed E-state index contributed by atoms with van der Waals surface area (Å²) in [6, 6.07) is 2.91. The fraction of sp³-hybridized carbons (Fsp3) is 0.615. The molecule has 1 heterocycles. The summed E-state index contributed by atoms with van der Waals surface area (Å²) >= 11 is 0. The van der Waals surface area contributed by atoms with Gasteiger partial charge in [0.1, 0.15) is 11.4 Å². The molecule has 0 bridgehead atoms. The van der Waals surface area contributed by atoms with Gasteiger partial charge in [-0.1, -0.05) is 20.8 Å². The number of hydrogen-bond acceptors (Lipinski definition) is 2. The molecule has 0 aliphatic carbocycles. The summed E-state index contributed by atoms with van der Waals surface area (Å²) in [6.07, 6.45) is 3.35. The van der Waals surface area contributed by atoms with Crippen LogP contribution in [0.3, 0.4) is 0 Å². The average molecular weight is 225 g/mol. The van der Waals surface area contributed by atoms with E-state index in [-0.39, 0.29) is 5.82 Å². The van der Waals surface area contributed by atoms with Crippen LogP contribution in [0.5, 0.6) is 0 Å². The molecule has 16 heavy (non-hydrogen) atoms. The van der Waals surface area contributed by atoms with Crippen molar-refractivity contribution >= 4 is 0 Å². The molecule has 1 unspecified atom stereocenters. The molecule has 0 spiro atoms. The maximum atomic E-state index is 12.7. The molecule has 1 atom stereocenters. The predicted molar refractivity (Wildman–Crippen MR) is 62.5 cm³/mol. The summed E-state index contributed by atoms with van der Waals surface area (Å²) in [4.78, 5) is 3.97. The van der Waals surface area contributed by atoms with Crippen molar-refractivity contribution in [1.29, 1.82) is 0 Å². The van der Waals surface area contributed by atoms with Gasteiger partial charge in [0.15, 0.2) is 0 Å². The molecule has 1 aromatic heterocycles. The van der Waals surface area contributed by atoms with Crippen LogP contribution in [0.2, 0.25) is 0 Å². The lowest BCUT2D eigenvalue weighted by molar-refractivity contribution is 0.0138.